The van der Waals surface area contributed by atoms with Gasteiger partial charge in [-0.05, 0) is 29.7 Å². The summed E-state index contributed by atoms with van der Waals surface area (Å²) in [5, 5.41) is 5.30. The Hall–Kier alpha value is -1.36. The van der Waals surface area contributed by atoms with E-state index in [1.165, 1.54) is 6.07 Å². The monoisotopic (exact) mass is 295 g/mol. The van der Waals surface area contributed by atoms with E-state index in [9.17, 15) is 8.42 Å². The van der Waals surface area contributed by atoms with E-state index >= 15 is 0 Å². The van der Waals surface area contributed by atoms with Crippen LogP contribution in [0.2, 0.25) is 0 Å². The maximum atomic E-state index is 11.7. The first-order valence-electron chi connectivity index (χ1n) is 5.72. The zero-order chi connectivity index (χ0) is 14.0. The molecule has 0 saturated heterocycles. The van der Waals surface area contributed by atoms with Crippen molar-refractivity contribution < 1.29 is 8.42 Å². The number of hydrogen-bond acceptors (Lipinski definition) is 2. The maximum absolute atomic E-state index is 11.7. The molecule has 0 fully saturated rings. The van der Waals surface area contributed by atoms with E-state index in [1.807, 2.05) is 37.3 Å². The lowest BCUT2D eigenvalue weighted by Gasteiger charge is -2.15. The van der Waals surface area contributed by atoms with Crippen LogP contribution in [0.3, 0.4) is 0 Å². The molecule has 0 radical (unpaired) electrons. The van der Waals surface area contributed by atoms with E-state index in [4.69, 9.17) is 16.7 Å². The van der Waals surface area contributed by atoms with Gasteiger partial charge in [0.15, 0.2) is 0 Å². The topological polar surface area (TPSA) is 60.2 Å². The summed E-state index contributed by atoms with van der Waals surface area (Å²) in [6.07, 6.45) is 0. The fourth-order valence-electron chi connectivity index (χ4n) is 2.06. The van der Waals surface area contributed by atoms with Gasteiger partial charge in [0.2, 0.25) is 10.0 Å². The van der Waals surface area contributed by atoms with Gasteiger partial charge in [-0.25, -0.2) is 13.6 Å². The third-order valence-corrected chi connectivity index (χ3v) is 4.23. The van der Waals surface area contributed by atoms with Crippen molar-refractivity contribution in [2.75, 3.05) is 0 Å². The summed E-state index contributed by atoms with van der Waals surface area (Å²) in [6.45, 7) is 1.90. The summed E-state index contributed by atoms with van der Waals surface area (Å²) in [6, 6.07) is 12.5. The maximum Gasteiger partial charge on any atom is 0.238 e. The molecule has 0 spiro atoms. The van der Waals surface area contributed by atoms with Gasteiger partial charge >= 0.3 is 0 Å². The van der Waals surface area contributed by atoms with Crippen LogP contribution in [0.5, 0.6) is 0 Å². The molecule has 0 bridgehead atoms. The van der Waals surface area contributed by atoms with Crippen LogP contribution in [-0.4, -0.2) is 8.42 Å². The Morgan fingerprint density at radius 3 is 2.26 bits per heavy atom. The highest BCUT2D eigenvalue weighted by molar-refractivity contribution is 7.89. The van der Waals surface area contributed by atoms with Crippen LogP contribution in [0.15, 0.2) is 47.4 Å². The van der Waals surface area contributed by atoms with E-state index in [2.05, 4.69) is 0 Å². The second kappa shape index (κ2) is 5.33. The molecule has 3 nitrogen and oxygen atoms in total. The SMILES string of the molecule is Cc1ccc(S(N)(=O)=O)c(-c2ccccc2)c1CCl. The van der Waals surface area contributed by atoms with Gasteiger partial charge in [0, 0.05) is 11.4 Å². The molecule has 2 aromatic rings. The highest BCUT2D eigenvalue weighted by atomic mass is 35.5. The number of rotatable bonds is 3. The van der Waals surface area contributed by atoms with E-state index in [1.54, 1.807) is 6.07 Å². The van der Waals surface area contributed by atoms with E-state index in [0.29, 0.717) is 5.56 Å². The molecule has 2 N–H and O–H groups in total. The summed E-state index contributed by atoms with van der Waals surface area (Å²) in [5.41, 5.74) is 3.13. The summed E-state index contributed by atoms with van der Waals surface area (Å²) in [5.74, 6) is 0.236. The molecule has 0 atom stereocenters. The first kappa shape index (κ1) is 14.1. The van der Waals surface area contributed by atoms with Crippen molar-refractivity contribution in [2.24, 2.45) is 5.14 Å². The molecule has 2 rings (SSSR count). The molecule has 0 aliphatic rings. The highest BCUT2D eigenvalue weighted by Crippen LogP contribution is 2.33. The van der Waals surface area contributed by atoms with Crippen molar-refractivity contribution in [3.8, 4) is 11.1 Å². The molecule has 0 amide bonds. The summed E-state index contributed by atoms with van der Waals surface area (Å²) in [4.78, 5) is 0.111. The number of aryl methyl sites for hydroxylation is 1. The van der Waals surface area contributed by atoms with Gasteiger partial charge in [0.25, 0.3) is 0 Å². The van der Waals surface area contributed by atoms with Gasteiger partial charge in [0.05, 0.1) is 4.90 Å². The third kappa shape index (κ3) is 2.81. The van der Waals surface area contributed by atoms with Crippen LogP contribution < -0.4 is 5.14 Å². The number of halogens is 1. The zero-order valence-electron chi connectivity index (χ0n) is 10.4. The van der Waals surface area contributed by atoms with Crippen molar-refractivity contribution in [3.05, 3.63) is 53.6 Å². The van der Waals surface area contributed by atoms with Gasteiger partial charge in [0.1, 0.15) is 0 Å². The lowest BCUT2D eigenvalue weighted by molar-refractivity contribution is 0.598. The average molecular weight is 296 g/mol. The predicted molar refractivity (Wildman–Crippen MR) is 77.5 cm³/mol. The Kier molecular flexibility index (Phi) is 3.94. The van der Waals surface area contributed by atoms with Crippen LogP contribution in [0.25, 0.3) is 11.1 Å². The van der Waals surface area contributed by atoms with Crippen LogP contribution in [0, 0.1) is 6.92 Å². The zero-order valence-corrected chi connectivity index (χ0v) is 12.0. The Bertz CT molecular complexity index is 697. The van der Waals surface area contributed by atoms with Gasteiger partial charge < -0.3 is 0 Å². The normalized spacial score (nSPS) is 11.5. The van der Waals surface area contributed by atoms with Crippen LogP contribution in [0.4, 0.5) is 0 Å². The fourth-order valence-corrected chi connectivity index (χ4v) is 3.19. The molecule has 19 heavy (non-hydrogen) atoms. The first-order chi connectivity index (χ1) is 8.95. The minimum Gasteiger partial charge on any atom is -0.225 e. The predicted octanol–water partition coefficient (Wildman–Crippen LogP) is 3.05. The Balaban J connectivity index is 2.86. The number of alkyl halides is 1. The molecule has 0 unspecified atom stereocenters. The molecule has 5 heteroatoms. The van der Waals surface area contributed by atoms with Crippen molar-refractivity contribution >= 4 is 21.6 Å². The fraction of sp³-hybridized carbons (Fsp3) is 0.143. The number of hydrogen-bond donors (Lipinski definition) is 1. The van der Waals surface area contributed by atoms with Crippen molar-refractivity contribution in [1.29, 1.82) is 0 Å². The van der Waals surface area contributed by atoms with Crippen molar-refractivity contribution in [1.82, 2.24) is 0 Å². The second-order valence-electron chi connectivity index (χ2n) is 4.28. The van der Waals surface area contributed by atoms with Gasteiger partial charge in [-0.15, -0.1) is 11.6 Å². The molecule has 0 saturated carbocycles. The standard InChI is InChI=1S/C14H14ClNO2S/c1-10-7-8-13(19(16,17)18)14(12(10)9-15)11-5-3-2-4-6-11/h2-8H,9H2,1H3,(H2,16,17,18). The number of nitrogens with two attached hydrogens (primary N) is 1. The number of sulfonamides is 1. The Morgan fingerprint density at radius 1 is 1.11 bits per heavy atom. The van der Waals surface area contributed by atoms with Crippen molar-refractivity contribution in [3.63, 3.8) is 0 Å². The molecule has 100 valence electrons. The molecular weight excluding hydrogens is 282 g/mol. The van der Waals surface area contributed by atoms with Crippen molar-refractivity contribution in [2.45, 2.75) is 17.7 Å². The summed E-state index contributed by atoms with van der Waals surface area (Å²) in [7, 11) is -3.79. The third-order valence-electron chi connectivity index (χ3n) is 3.01. The smallest absolute Gasteiger partial charge is 0.225 e. The Labute approximate surface area is 118 Å². The molecule has 0 aromatic heterocycles. The quantitative estimate of drug-likeness (QED) is 0.885. The number of benzene rings is 2. The highest BCUT2D eigenvalue weighted by Gasteiger charge is 2.19. The summed E-state index contributed by atoms with van der Waals surface area (Å²) < 4.78 is 23.5. The van der Waals surface area contributed by atoms with Crippen LogP contribution >= 0.6 is 11.6 Å². The lowest BCUT2D eigenvalue weighted by Crippen LogP contribution is -2.14. The van der Waals surface area contributed by atoms with Gasteiger partial charge in [-0.3, -0.25) is 0 Å². The Morgan fingerprint density at radius 2 is 1.74 bits per heavy atom. The summed E-state index contributed by atoms with van der Waals surface area (Å²) >= 11 is 5.97. The molecule has 0 aliphatic carbocycles. The minimum absolute atomic E-state index is 0.111. The minimum atomic E-state index is -3.79. The molecule has 0 heterocycles. The van der Waals surface area contributed by atoms with E-state index in [0.717, 1.165) is 16.7 Å². The van der Waals surface area contributed by atoms with Gasteiger partial charge in [-0.2, -0.15) is 0 Å². The molecule has 0 aliphatic heterocycles. The van der Waals surface area contributed by atoms with Gasteiger partial charge in [-0.1, -0.05) is 36.4 Å². The second-order valence-corrected chi connectivity index (χ2v) is 6.08. The molecular formula is C14H14ClNO2S. The number of primary sulfonamides is 1. The lowest BCUT2D eigenvalue weighted by atomic mass is 9.97. The van der Waals surface area contributed by atoms with Crippen LogP contribution in [-0.2, 0) is 15.9 Å². The van der Waals surface area contributed by atoms with E-state index < -0.39 is 10.0 Å². The first-order valence-corrected chi connectivity index (χ1v) is 7.80. The largest absolute Gasteiger partial charge is 0.238 e. The van der Waals surface area contributed by atoms with Crippen LogP contribution in [0.1, 0.15) is 11.1 Å². The molecule has 2 aromatic carbocycles. The van der Waals surface area contributed by atoms with E-state index in [-0.39, 0.29) is 10.8 Å². The average Bonchev–Trinajstić information content (AvgIpc) is 2.38.